The van der Waals surface area contributed by atoms with E-state index in [1.165, 1.54) is 6.08 Å². The van der Waals surface area contributed by atoms with Crippen LogP contribution in [0.3, 0.4) is 0 Å². The molecule has 0 aromatic heterocycles. The molecule has 226 valence electrons. The van der Waals surface area contributed by atoms with Crippen molar-refractivity contribution < 1.29 is 23.9 Å². The van der Waals surface area contributed by atoms with Gasteiger partial charge in [-0.2, -0.15) is 0 Å². The Bertz CT molecular complexity index is 1190. The van der Waals surface area contributed by atoms with Crippen LogP contribution in [0, 0.1) is 11.3 Å². The molecule has 0 saturated carbocycles. The lowest BCUT2D eigenvalue weighted by Gasteiger charge is -2.23. The summed E-state index contributed by atoms with van der Waals surface area (Å²) in [5.41, 5.74) is 6.98. The van der Waals surface area contributed by atoms with E-state index in [2.05, 4.69) is 26.6 Å². The van der Waals surface area contributed by atoms with Crippen molar-refractivity contribution >= 4 is 35.9 Å². The van der Waals surface area contributed by atoms with E-state index in [1.54, 1.807) is 18.2 Å². The Kier molecular flexibility index (Phi) is 14.7. The number of nitrogens with one attached hydrogen (secondary N) is 6. The fourth-order valence-electron chi connectivity index (χ4n) is 3.71. The third-order valence-electron chi connectivity index (χ3n) is 6.10. The largest absolute Gasteiger partial charge is 0.445 e. The maximum absolute atomic E-state index is 12.9. The first-order chi connectivity index (χ1) is 20.1. The van der Waals surface area contributed by atoms with Crippen molar-refractivity contribution in [2.75, 3.05) is 19.6 Å². The molecule has 12 heteroatoms. The normalized spacial score (nSPS) is 12.2. The first kappa shape index (κ1) is 33.3. The van der Waals surface area contributed by atoms with Gasteiger partial charge in [0, 0.05) is 25.2 Å². The van der Waals surface area contributed by atoms with Crippen LogP contribution in [0.2, 0.25) is 0 Å². The van der Waals surface area contributed by atoms with Crippen LogP contribution in [0.1, 0.15) is 37.8 Å². The maximum Gasteiger partial charge on any atom is 0.408 e. The zero-order valence-corrected chi connectivity index (χ0v) is 24.0. The van der Waals surface area contributed by atoms with E-state index in [9.17, 15) is 19.2 Å². The van der Waals surface area contributed by atoms with Gasteiger partial charge in [0.15, 0.2) is 5.96 Å². The Labute approximate surface area is 246 Å². The molecule has 0 aliphatic heterocycles. The van der Waals surface area contributed by atoms with Gasteiger partial charge in [-0.1, -0.05) is 74.5 Å². The van der Waals surface area contributed by atoms with E-state index < -0.39 is 23.9 Å². The second-order valence-corrected chi connectivity index (χ2v) is 9.87. The zero-order chi connectivity index (χ0) is 30.7. The molecule has 0 saturated heterocycles. The number of alkyl carbamates (subject to hydrolysis) is 1. The zero-order valence-electron chi connectivity index (χ0n) is 24.0. The number of ether oxygens (including phenoxy) is 1. The average Bonchev–Trinajstić information content (AvgIpc) is 2.98. The first-order valence-electron chi connectivity index (χ1n) is 13.8. The molecule has 0 aliphatic carbocycles. The number of hydrogen-bond acceptors (Lipinski definition) is 6. The van der Waals surface area contributed by atoms with Gasteiger partial charge in [-0.25, -0.2) is 4.79 Å². The van der Waals surface area contributed by atoms with Gasteiger partial charge in [-0.05, 0) is 36.0 Å². The summed E-state index contributed by atoms with van der Waals surface area (Å²) >= 11 is 0. The van der Waals surface area contributed by atoms with E-state index in [0.29, 0.717) is 13.0 Å². The number of carbonyl (C=O) groups is 4. The molecule has 2 unspecified atom stereocenters. The summed E-state index contributed by atoms with van der Waals surface area (Å²) in [4.78, 5) is 50.2. The van der Waals surface area contributed by atoms with Crippen molar-refractivity contribution in [2.45, 2.75) is 45.4 Å². The highest BCUT2D eigenvalue weighted by molar-refractivity contribution is 5.92. The number of rotatable bonds is 16. The standard InChI is InChI=1S/C30H41N7O5/c1-21(2)25(18-34-26(38)16-15-22-10-5-3-6-11-22)36-27(39)19-35-28(40)24(14-9-17-33-29(31)32)37-30(41)42-20-23-12-7-4-8-13-23/h3-8,10-13,15-16,21,24-25H,9,14,17-20H2,1-2H3,(H,34,38)(H,35,40)(H,36,39)(H,37,41)(H4,31,32,33)/b16-15+. The number of benzene rings is 2. The Hall–Kier alpha value is -4.87. The Balaban J connectivity index is 1.85. The van der Waals surface area contributed by atoms with Crippen LogP contribution in [0.15, 0.2) is 66.7 Å². The van der Waals surface area contributed by atoms with Gasteiger partial charge < -0.3 is 37.1 Å². The molecule has 2 aromatic rings. The molecule has 0 aliphatic rings. The fourth-order valence-corrected chi connectivity index (χ4v) is 3.71. The molecule has 0 bridgehead atoms. The quantitative estimate of drug-likeness (QED) is 0.0681. The average molecular weight is 580 g/mol. The molecule has 0 fully saturated rings. The summed E-state index contributed by atoms with van der Waals surface area (Å²) in [7, 11) is 0. The van der Waals surface area contributed by atoms with Gasteiger partial charge in [0.05, 0.1) is 6.54 Å². The molecule has 2 aromatic carbocycles. The number of nitrogens with two attached hydrogens (primary N) is 1. The topological polar surface area (TPSA) is 188 Å². The SMILES string of the molecule is CC(C)C(CNC(=O)/C=C/c1ccccc1)NC(=O)CNC(=O)C(CCCNC(=N)N)NC(=O)OCc1ccccc1. The highest BCUT2D eigenvalue weighted by Gasteiger charge is 2.23. The number of carbonyl (C=O) groups excluding carboxylic acids is 4. The van der Waals surface area contributed by atoms with Crippen LogP contribution in [0.5, 0.6) is 0 Å². The predicted molar refractivity (Wildman–Crippen MR) is 161 cm³/mol. The molecule has 12 nitrogen and oxygen atoms in total. The van der Waals surface area contributed by atoms with Crippen LogP contribution in [0.25, 0.3) is 6.08 Å². The van der Waals surface area contributed by atoms with Gasteiger partial charge in [0.25, 0.3) is 0 Å². The van der Waals surface area contributed by atoms with E-state index >= 15 is 0 Å². The van der Waals surface area contributed by atoms with Crippen LogP contribution < -0.4 is 32.3 Å². The monoisotopic (exact) mass is 579 g/mol. The second kappa shape index (κ2) is 18.5. The lowest BCUT2D eigenvalue weighted by Crippen LogP contribution is -2.52. The third-order valence-corrected chi connectivity index (χ3v) is 6.10. The summed E-state index contributed by atoms with van der Waals surface area (Å²) in [6.07, 6.45) is 2.98. The number of hydrogen-bond donors (Lipinski definition) is 7. The van der Waals surface area contributed by atoms with Crippen molar-refractivity contribution in [3.8, 4) is 0 Å². The molecule has 2 atom stereocenters. The van der Waals surface area contributed by atoms with Gasteiger partial charge in [0.2, 0.25) is 17.7 Å². The van der Waals surface area contributed by atoms with Crippen LogP contribution in [-0.4, -0.2) is 61.5 Å². The third kappa shape index (κ3) is 14.0. The molecule has 0 spiro atoms. The van der Waals surface area contributed by atoms with Crippen molar-refractivity contribution in [1.29, 1.82) is 5.41 Å². The molecule has 42 heavy (non-hydrogen) atoms. The lowest BCUT2D eigenvalue weighted by atomic mass is 10.0. The van der Waals surface area contributed by atoms with Gasteiger partial charge in [-0.3, -0.25) is 19.8 Å². The Morgan fingerprint density at radius 1 is 0.929 bits per heavy atom. The molecular weight excluding hydrogens is 538 g/mol. The van der Waals surface area contributed by atoms with E-state index in [0.717, 1.165) is 11.1 Å². The summed E-state index contributed by atoms with van der Waals surface area (Å²) in [5, 5.41) is 20.6. The minimum Gasteiger partial charge on any atom is -0.445 e. The maximum atomic E-state index is 12.9. The molecule has 0 radical (unpaired) electrons. The highest BCUT2D eigenvalue weighted by Crippen LogP contribution is 2.04. The summed E-state index contributed by atoms with van der Waals surface area (Å²) in [6.45, 7) is 4.05. The molecule has 8 N–H and O–H groups in total. The van der Waals surface area contributed by atoms with Gasteiger partial charge in [-0.15, -0.1) is 0 Å². The van der Waals surface area contributed by atoms with E-state index in [-0.39, 0.29) is 49.9 Å². The predicted octanol–water partition coefficient (Wildman–Crippen LogP) is 1.63. The van der Waals surface area contributed by atoms with E-state index in [4.69, 9.17) is 15.9 Å². The van der Waals surface area contributed by atoms with Crippen LogP contribution >= 0.6 is 0 Å². The second-order valence-electron chi connectivity index (χ2n) is 9.87. The molecule has 4 amide bonds. The minimum absolute atomic E-state index is 0.00521. The van der Waals surface area contributed by atoms with Crippen LogP contribution in [0.4, 0.5) is 4.79 Å². The summed E-state index contributed by atoms with van der Waals surface area (Å²) in [5.74, 6) is -1.50. The van der Waals surface area contributed by atoms with Gasteiger partial charge in [0.1, 0.15) is 12.6 Å². The summed E-state index contributed by atoms with van der Waals surface area (Å²) in [6, 6.07) is 17.2. The lowest BCUT2D eigenvalue weighted by molar-refractivity contribution is -0.127. The minimum atomic E-state index is -0.980. The van der Waals surface area contributed by atoms with Gasteiger partial charge >= 0.3 is 6.09 Å². The summed E-state index contributed by atoms with van der Waals surface area (Å²) < 4.78 is 5.23. The van der Waals surface area contributed by atoms with E-state index in [1.807, 2.05) is 62.4 Å². The molecule has 2 rings (SSSR count). The van der Waals surface area contributed by atoms with Crippen molar-refractivity contribution in [2.24, 2.45) is 11.7 Å². The fraction of sp³-hybridized carbons (Fsp3) is 0.367. The Morgan fingerprint density at radius 3 is 2.24 bits per heavy atom. The van der Waals surface area contributed by atoms with Crippen molar-refractivity contribution in [3.63, 3.8) is 0 Å². The Morgan fingerprint density at radius 2 is 1.60 bits per heavy atom. The van der Waals surface area contributed by atoms with Crippen molar-refractivity contribution in [3.05, 3.63) is 77.9 Å². The molecular formula is C30H41N7O5. The highest BCUT2D eigenvalue weighted by atomic mass is 16.5. The number of guanidine groups is 1. The smallest absolute Gasteiger partial charge is 0.408 e. The molecule has 0 heterocycles. The van der Waals surface area contributed by atoms with Crippen LogP contribution in [-0.2, 0) is 25.7 Å². The van der Waals surface area contributed by atoms with Crippen molar-refractivity contribution in [1.82, 2.24) is 26.6 Å². The number of amides is 4. The first-order valence-corrected chi connectivity index (χ1v) is 13.8.